The van der Waals surface area contributed by atoms with Crippen molar-refractivity contribution in [2.75, 3.05) is 6.54 Å². The lowest BCUT2D eigenvalue weighted by atomic mass is 10.4. The summed E-state index contributed by atoms with van der Waals surface area (Å²) in [5, 5.41) is -0.700. The number of carbonyl (C=O) groups excluding carboxylic acids is 2. The van der Waals surface area contributed by atoms with Crippen LogP contribution in [0.2, 0.25) is 0 Å². The van der Waals surface area contributed by atoms with Crippen molar-refractivity contribution in [3.63, 3.8) is 0 Å². The smallest absolute Gasteiger partial charge is 0.274 e. The molecule has 0 fully saturated rings. The first kappa shape index (κ1) is 9.43. The molecule has 0 unspecified atom stereocenters. The van der Waals surface area contributed by atoms with E-state index in [1.54, 1.807) is 13.8 Å². The van der Waals surface area contributed by atoms with Gasteiger partial charge >= 0.3 is 5.37 Å². The third-order valence-corrected chi connectivity index (χ3v) is 1.34. The van der Waals surface area contributed by atoms with E-state index in [9.17, 15) is 9.59 Å². The second-order valence-electron chi connectivity index (χ2n) is 1.74. The summed E-state index contributed by atoms with van der Waals surface area (Å²) in [4.78, 5) is 22.3. The van der Waals surface area contributed by atoms with Crippen molar-refractivity contribution in [2.24, 2.45) is 0 Å². The van der Waals surface area contributed by atoms with E-state index in [1.807, 2.05) is 0 Å². The minimum absolute atomic E-state index is 0.234. The number of hydrogen-bond acceptors (Lipinski definition) is 2. The SMILES string of the molecule is CCC(=O)N(CC)C(=O)Cl. The van der Waals surface area contributed by atoms with Gasteiger partial charge in [-0.05, 0) is 18.5 Å². The molecule has 0 saturated heterocycles. The van der Waals surface area contributed by atoms with Gasteiger partial charge in [-0.3, -0.25) is 14.5 Å². The number of nitrogens with zero attached hydrogens (tertiary/aromatic N) is 1. The van der Waals surface area contributed by atoms with Gasteiger partial charge in [0.25, 0.3) is 0 Å². The molecule has 0 aliphatic rings. The van der Waals surface area contributed by atoms with Crippen LogP contribution >= 0.6 is 11.6 Å². The van der Waals surface area contributed by atoms with Gasteiger partial charge in [0.05, 0.1) is 0 Å². The van der Waals surface area contributed by atoms with Gasteiger partial charge in [0, 0.05) is 13.0 Å². The second kappa shape index (κ2) is 4.28. The van der Waals surface area contributed by atoms with Gasteiger partial charge in [-0.15, -0.1) is 0 Å². The van der Waals surface area contributed by atoms with E-state index < -0.39 is 5.37 Å². The zero-order chi connectivity index (χ0) is 8.15. The van der Waals surface area contributed by atoms with Gasteiger partial charge in [-0.1, -0.05) is 6.92 Å². The van der Waals surface area contributed by atoms with Gasteiger partial charge in [0.1, 0.15) is 0 Å². The Balaban J connectivity index is 4.06. The molecule has 0 rings (SSSR count). The van der Waals surface area contributed by atoms with E-state index in [4.69, 9.17) is 11.6 Å². The predicted octanol–water partition coefficient (Wildman–Crippen LogP) is 1.60. The van der Waals surface area contributed by atoms with Crippen LogP contribution in [-0.2, 0) is 4.79 Å². The lowest BCUT2D eigenvalue weighted by molar-refractivity contribution is -0.127. The summed E-state index contributed by atoms with van der Waals surface area (Å²) < 4.78 is 0. The monoisotopic (exact) mass is 163 g/mol. The molecular weight excluding hydrogens is 154 g/mol. The highest BCUT2D eigenvalue weighted by atomic mass is 35.5. The molecule has 10 heavy (non-hydrogen) atoms. The van der Waals surface area contributed by atoms with E-state index in [2.05, 4.69) is 0 Å². The number of carbonyl (C=O) groups is 2. The lowest BCUT2D eigenvalue weighted by Crippen LogP contribution is -2.32. The van der Waals surface area contributed by atoms with Crippen molar-refractivity contribution in [1.29, 1.82) is 0 Å². The standard InChI is InChI=1S/C6H10ClNO2/c1-3-5(9)8(4-2)6(7)10/h3-4H2,1-2H3. The second-order valence-corrected chi connectivity index (χ2v) is 2.07. The molecule has 0 saturated carbocycles. The number of hydrogen-bond donors (Lipinski definition) is 0. The summed E-state index contributed by atoms with van der Waals surface area (Å²) in [6.45, 7) is 3.73. The fourth-order valence-corrected chi connectivity index (χ4v) is 0.803. The Morgan fingerprint density at radius 2 is 1.90 bits per heavy atom. The van der Waals surface area contributed by atoms with Gasteiger partial charge in [-0.2, -0.15) is 0 Å². The van der Waals surface area contributed by atoms with Crippen LogP contribution in [0, 0.1) is 0 Å². The van der Waals surface area contributed by atoms with Crippen LogP contribution in [0.4, 0.5) is 4.79 Å². The van der Waals surface area contributed by atoms with E-state index >= 15 is 0 Å². The molecule has 4 heteroatoms. The van der Waals surface area contributed by atoms with Crippen molar-refractivity contribution in [2.45, 2.75) is 20.3 Å². The molecule has 0 aromatic heterocycles. The molecule has 0 spiro atoms. The Morgan fingerprint density at radius 1 is 1.40 bits per heavy atom. The highest BCUT2D eigenvalue weighted by Crippen LogP contribution is 1.98. The van der Waals surface area contributed by atoms with Gasteiger partial charge in [0.2, 0.25) is 5.91 Å². The molecule has 0 N–H and O–H groups in total. The average Bonchev–Trinajstić information content (AvgIpc) is 1.88. The number of halogens is 1. The molecule has 0 atom stereocenters. The maximum atomic E-state index is 10.8. The topological polar surface area (TPSA) is 37.4 Å². The predicted molar refractivity (Wildman–Crippen MR) is 38.9 cm³/mol. The van der Waals surface area contributed by atoms with Crippen LogP contribution in [0.5, 0.6) is 0 Å². The van der Waals surface area contributed by atoms with Crippen LogP contribution in [-0.4, -0.2) is 22.7 Å². The highest BCUT2D eigenvalue weighted by Gasteiger charge is 2.14. The molecule has 0 aromatic carbocycles. The summed E-state index contributed by atoms with van der Waals surface area (Å²) in [5.41, 5.74) is 0. The van der Waals surface area contributed by atoms with Gasteiger partial charge in [0.15, 0.2) is 0 Å². The fraction of sp³-hybridized carbons (Fsp3) is 0.667. The van der Waals surface area contributed by atoms with Crippen molar-refractivity contribution in [3.05, 3.63) is 0 Å². The Bertz CT molecular complexity index is 147. The average molecular weight is 164 g/mol. The van der Waals surface area contributed by atoms with E-state index in [1.165, 1.54) is 0 Å². The van der Waals surface area contributed by atoms with Crippen molar-refractivity contribution < 1.29 is 9.59 Å². The molecule has 0 bridgehead atoms. The molecule has 0 radical (unpaired) electrons. The van der Waals surface area contributed by atoms with Crippen molar-refractivity contribution in [1.82, 2.24) is 4.90 Å². The molecule has 0 aliphatic heterocycles. The molecule has 0 aliphatic carbocycles. The highest BCUT2D eigenvalue weighted by molar-refractivity contribution is 6.64. The van der Waals surface area contributed by atoms with Crippen molar-refractivity contribution >= 4 is 22.9 Å². The number of rotatable bonds is 2. The van der Waals surface area contributed by atoms with Gasteiger partial charge in [-0.25, -0.2) is 0 Å². The van der Waals surface area contributed by atoms with Crippen molar-refractivity contribution in [3.8, 4) is 0 Å². The first-order valence-electron chi connectivity index (χ1n) is 3.13. The Labute approximate surface area is 65.0 Å². The maximum Gasteiger partial charge on any atom is 0.323 e. The molecule has 58 valence electrons. The van der Waals surface area contributed by atoms with E-state index in [-0.39, 0.29) is 5.91 Å². The van der Waals surface area contributed by atoms with Gasteiger partial charge < -0.3 is 0 Å². The van der Waals surface area contributed by atoms with Crippen LogP contribution in [0.25, 0.3) is 0 Å². The normalized spacial score (nSPS) is 9.10. The fourth-order valence-electron chi connectivity index (χ4n) is 0.590. The molecule has 2 amide bonds. The van der Waals surface area contributed by atoms with E-state index in [0.717, 1.165) is 4.90 Å². The third kappa shape index (κ3) is 2.35. The minimum atomic E-state index is -0.700. The largest absolute Gasteiger partial charge is 0.323 e. The molecule has 3 nitrogen and oxygen atoms in total. The van der Waals surface area contributed by atoms with Crippen LogP contribution in [0.1, 0.15) is 20.3 Å². The van der Waals surface area contributed by atoms with Crippen LogP contribution in [0.3, 0.4) is 0 Å². The Hall–Kier alpha value is -0.570. The van der Waals surface area contributed by atoms with E-state index in [0.29, 0.717) is 13.0 Å². The quantitative estimate of drug-likeness (QED) is 0.458. The Kier molecular flexibility index (Phi) is 4.03. The van der Waals surface area contributed by atoms with Crippen LogP contribution in [0.15, 0.2) is 0 Å². The van der Waals surface area contributed by atoms with Crippen LogP contribution < -0.4 is 0 Å². The summed E-state index contributed by atoms with van der Waals surface area (Å²) >= 11 is 5.08. The zero-order valence-corrected chi connectivity index (χ0v) is 6.81. The first-order valence-corrected chi connectivity index (χ1v) is 3.51. The summed E-state index contributed by atoms with van der Waals surface area (Å²) in [6, 6.07) is 0. The minimum Gasteiger partial charge on any atom is -0.274 e. The zero-order valence-electron chi connectivity index (χ0n) is 6.06. The number of imide groups is 1. The maximum absolute atomic E-state index is 10.8. The number of amides is 2. The lowest BCUT2D eigenvalue weighted by Gasteiger charge is -2.12. The summed E-state index contributed by atoms with van der Waals surface area (Å²) in [6.07, 6.45) is 0.312. The third-order valence-electron chi connectivity index (χ3n) is 1.13. The summed E-state index contributed by atoms with van der Waals surface area (Å²) in [5.74, 6) is -0.234. The molecule has 0 aromatic rings. The molecular formula is C6H10ClNO2. The molecule has 0 heterocycles. The Morgan fingerprint density at radius 3 is 2.00 bits per heavy atom. The summed E-state index contributed by atoms with van der Waals surface area (Å²) in [7, 11) is 0. The first-order chi connectivity index (χ1) is 4.63.